The van der Waals surface area contributed by atoms with E-state index in [-0.39, 0.29) is 13.1 Å². The van der Waals surface area contributed by atoms with E-state index in [2.05, 4.69) is 0 Å². The van der Waals surface area contributed by atoms with Crippen molar-refractivity contribution in [1.82, 2.24) is 4.31 Å². The van der Waals surface area contributed by atoms with Crippen LogP contribution < -0.4 is 0 Å². The van der Waals surface area contributed by atoms with Gasteiger partial charge in [0.05, 0.1) is 0 Å². The van der Waals surface area contributed by atoms with Crippen LogP contribution >= 0.6 is 0 Å². The van der Waals surface area contributed by atoms with Crippen molar-refractivity contribution in [3.05, 3.63) is 11.6 Å². The Morgan fingerprint density at radius 2 is 2.00 bits per heavy atom. The summed E-state index contributed by atoms with van der Waals surface area (Å²) in [6, 6.07) is 0. The fourth-order valence-corrected chi connectivity index (χ4v) is 2.28. The Morgan fingerprint density at radius 3 is 2.53 bits per heavy atom. The molecule has 0 fully saturated rings. The Hall–Kier alpha value is -0.560. The standard InChI is InChI=1S/C8H12F3NO2S/c1-7-3-2-5-12(6-4-7)15(13,14)8(9,10)11/h4H,2-3,5-6H2,1H3. The zero-order valence-electron chi connectivity index (χ0n) is 8.21. The predicted molar refractivity (Wildman–Crippen MR) is 49.5 cm³/mol. The van der Waals surface area contributed by atoms with Crippen LogP contribution in [0.1, 0.15) is 19.8 Å². The summed E-state index contributed by atoms with van der Waals surface area (Å²) >= 11 is 0. The van der Waals surface area contributed by atoms with Gasteiger partial charge in [-0.25, -0.2) is 8.42 Å². The lowest BCUT2D eigenvalue weighted by molar-refractivity contribution is -0.0486. The van der Waals surface area contributed by atoms with E-state index in [4.69, 9.17) is 0 Å². The molecule has 7 heteroatoms. The lowest BCUT2D eigenvalue weighted by atomic mass is 10.2. The monoisotopic (exact) mass is 243 g/mol. The molecule has 1 aliphatic heterocycles. The van der Waals surface area contributed by atoms with E-state index in [1.807, 2.05) is 0 Å². The first-order valence-electron chi connectivity index (χ1n) is 4.47. The summed E-state index contributed by atoms with van der Waals surface area (Å²) in [7, 11) is -5.16. The van der Waals surface area contributed by atoms with Crippen molar-refractivity contribution >= 4 is 10.0 Å². The Labute approximate surface area is 86.6 Å². The lowest BCUT2D eigenvalue weighted by Gasteiger charge is -2.20. The number of halogens is 3. The molecule has 0 aliphatic carbocycles. The van der Waals surface area contributed by atoms with Gasteiger partial charge in [-0.1, -0.05) is 11.6 Å². The van der Waals surface area contributed by atoms with Gasteiger partial charge in [-0.2, -0.15) is 17.5 Å². The average Bonchev–Trinajstić information content (AvgIpc) is 2.27. The zero-order chi connectivity index (χ0) is 11.7. The third kappa shape index (κ3) is 2.72. The van der Waals surface area contributed by atoms with Crippen LogP contribution in [0.25, 0.3) is 0 Å². The number of alkyl halides is 3. The molecule has 0 amide bonds. The van der Waals surface area contributed by atoms with Gasteiger partial charge >= 0.3 is 15.5 Å². The van der Waals surface area contributed by atoms with E-state index < -0.39 is 15.5 Å². The van der Waals surface area contributed by atoms with Crippen LogP contribution in [-0.2, 0) is 10.0 Å². The van der Waals surface area contributed by atoms with Crippen LogP contribution in [-0.4, -0.2) is 31.3 Å². The Balaban J connectivity index is 2.90. The molecule has 0 aromatic heterocycles. The summed E-state index contributed by atoms with van der Waals surface area (Å²) < 4.78 is 59.1. The molecule has 0 atom stereocenters. The molecule has 0 radical (unpaired) electrons. The molecule has 88 valence electrons. The molecular weight excluding hydrogens is 231 g/mol. The van der Waals surface area contributed by atoms with Gasteiger partial charge in [-0.05, 0) is 19.8 Å². The average molecular weight is 243 g/mol. The zero-order valence-corrected chi connectivity index (χ0v) is 9.03. The summed E-state index contributed by atoms with van der Waals surface area (Å²) in [5.41, 5.74) is -4.27. The van der Waals surface area contributed by atoms with E-state index >= 15 is 0 Å². The Morgan fingerprint density at radius 1 is 1.40 bits per heavy atom. The molecular formula is C8H12F3NO2S. The molecule has 1 aliphatic rings. The van der Waals surface area contributed by atoms with Crippen molar-refractivity contribution in [2.45, 2.75) is 25.3 Å². The van der Waals surface area contributed by atoms with E-state index in [1.165, 1.54) is 6.08 Å². The maximum Gasteiger partial charge on any atom is 0.511 e. The number of nitrogens with zero attached hydrogens (tertiary/aromatic N) is 1. The number of allylic oxidation sites excluding steroid dienone is 1. The maximum absolute atomic E-state index is 12.2. The number of hydrogen-bond donors (Lipinski definition) is 0. The van der Waals surface area contributed by atoms with Gasteiger partial charge in [-0.3, -0.25) is 0 Å². The third-order valence-electron chi connectivity index (χ3n) is 2.25. The fraction of sp³-hybridized carbons (Fsp3) is 0.750. The van der Waals surface area contributed by atoms with Crippen LogP contribution in [0.3, 0.4) is 0 Å². The molecule has 15 heavy (non-hydrogen) atoms. The molecule has 0 saturated carbocycles. The van der Waals surface area contributed by atoms with Crippen molar-refractivity contribution in [3.8, 4) is 0 Å². The van der Waals surface area contributed by atoms with Crippen LogP contribution in [0, 0.1) is 0 Å². The minimum absolute atomic E-state index is 0.0737. The van der Waals surface area contributed by atoms with Gasteiger partial charge < -0.3 is 0 Å². The van der Waals surface area contributed by atoms with Crippen molar-refractivity contribution in [1.29, 1.82) is 0 Å². The minimum Gasteiger partial charge on any atom is -0.203 e. The van der Waals surface area contributed by atoms with E-state index in [0.29, 0.717) is 17.1 Å². The van der Waals surface area contributed by atoms with Crippen molar-refractivity contribution in [2.75, 3.05) is 13.1 Å². The van der Waals surface area contributed by atoms with Crippen molar-refractivity contribution in [3.63, 3.8) is 0 Å². The quantitative estimate of drug-likeness (QED) is 0.659. The highest BCUT2D eigenvalue weighted by atomic mass is 32.2. The molecule has 0 aromatic rings. The van der Waals surface area contributed by atoms with Gasteiger partial charge in [0, 0.05) is 13.1 Å². The van der Waals surface area contributed by atoms with Crippen LogP contribution in [0.2, 0.25) is 0 Å². The van der Waals surface area contributed by atoms with Crippen molar-refractivity contribution in [2.24, 2.45) is 0 Å². The molecule has 3 nitrogen and oxygen atoms in total. The second-order valence-corrected chi connectivity index (χ2v) is 5.39. The predicted octanol–water partition coefficient (Wildman–Crippen LogP) is 1.88. The second kappa shape index (κ2) is 4.13. The Bertz CT molecular complexity index is 359. The molecule has 0 saturated heterocycles. The number of sulfonamides is 1. The number of rotatable bonds is 1. The Kier molecular flexibility index (Phi) is 3.44. The van der Waals surface area contributed by atoms with Gasteiger partial charge in [-0.15, -0.1) is 0 Å². The fourth-order valence-electron chi connectivity index (χ4n) is 1.35. The molecule has 0 spiro atoms. The highest BCUT2D eigenvalue weighted by Crippen LogP contribution is 2.28. The first-order chi connectivity index (χ1) is 6.75. The smallest absolute Gasteiger partial charge is 0.203 e. The largest absolute Gasteiger partial charge is 0.511 e. The van der Waals surface area contributed by atoms with Crippen LogP contribution in [0.4, 0.5) is 13.2 Å². The summed E-state index contributed by atoms with van der Waals surface area (Å²) in [6.45, 7) is 1.52. The van der Waals surface area contributed by atoms with Crippen LogP contribution in [0.5, 0.6) is 0 Å². The van der Waals surface area contributed by atoms with Gasteiger partial charge in [0.2, 0.25) is 0 Å². The van der Waals surface area contributed by atoms with Gasteiger partial charge in [0.1, 0.15) is 0 Å². The topological polar surface area (TPSA) is 37.4 Å². The highest BCUT2D eigenvalue weighted by Gasteiger charge is 2.49. The first-order valence-corrected chi connectivity index (χ1v) is 5.91. The molecule has 0 bridgehead atoms. The molecule has 0 N–H and O–H groups in total. The van der Waals surface area contributed by atoms with E-state index in [0.717, 1.165) is 5.57 Å². The van der Waals surface area contributed by atoms with E-state index in [1.54, 1.807) is 6.92 Å². The maximum atomic E-state index is 12.2. The number of hydrogen-bond acceptors (Lipinski definition) is 2. The van der Waals surface area contributed by atoms with E-state index in [9.17, 15) is 21.6 Å². The normalized spacial score (nSPS) is 20.9. The molecule has 0 unspecified atom stereocenters. The SMILES string of the molecule is CC1=CCN(S(=O)(=O)C(F)(F)F)CCC1. The summed E-state index contributed by atoms with van der Waals surface area (Å²) in [4.78, 5) is 0. The highest BCUT2D eigenvalue weighted by molar-refractivity contribution is 7.90. The lowest BCUT2D eigenvalue weighted by Crippen LogP contribution is -2.40. The second-order valence-electron chi connectivity index (χ2n) is 3.46. The first kappa shape index (κ1) is 12.5. The van der Waals surface area contributed by atoms with Crippen LogP contribution in [0.15, 0.2) is 11.6 Å². The molecule has 1 heterocycles. The summed E-state index contributed by atoms with van der Waals surface area (Å²) in [5.74, 6) is 0. The summed E-state index contributed by atoms with van der Waals surface area (Å²) in [5, 5.41) is 0. The van der Waals surface area contributed by atoms with Gasteiger partial charge in [0.25, 0.3) is 0 Å². The van der Waals surface area contributed by atoms with Gasteiger partial charge in [0.15, 0.2) is 0 Å². The third-order valence-corrected chi connectivity index (χ3v) is 3.85. The molecule has 0 aromatic carbocycles. The van der Waals surface area contributed by atoms with Crippen molar-refractivity contribution < 1.29 is 21.6 Å². The summed E-state index contributed by atoms with van der Waals surface area (Å²) in [6.07, 6.45) is 2.60. The molecule has 1 rings (SSSR count). The minimum atomic E-state index is -5.20.